The van der Waals surface area contributed by atoms with E-state index in [1.54, 1.807) is 7.11 Å². The number of halogens is 2. The number of benzene rings is 3. The van der Waals surface area contributed by atoms with E-state index >= 15 is 0 Å². The third-order valence-corrected chi connectivity index (χ3v) is 10.3. The normalized spacial score (nSPS) is 12.7. The van der Waals surface area contributed by atoms with Crippen molar-refractivity contribution in [3.8, 4) is 0 Å². The molecule has 0 aliphatic carbocycles. The van der Waals surface area contributed by atoms with Crippen molar-refractivity contribution in [2.45, 2.75) is 6.61 Å². The fourth-order valence-electron chi connectivity index (χ4n) is 2.99. The van der Waals surface area contributed by atoms with E-state index in [0.717, 1.165) is 21.5 Å². The second-order valence-electron chi connectivity index (χ2n) is 5.95. The fourth-order valence-corrected chi connectivity index (χ4v) is 7.26. The molecule has 3 N–H and O–H groups in total. The molecule has 3 rings (SSSR count). The number of hydrogen-bond acceptors (Lipinski definition) is 1. The van der Waals surface area contributed by atoms with E-state index in [-0.39, 0.29) is 12.4 Å². The van der Waals surface area contributed by atoms with Crippen molar-refractivity contribution in [1.82, 2.24) is 0 Å². The molecule has 2 nitrogen and oxygen atoms in total. The average molecular weight is 394 g/mol. The summed E-state index contributed by atoms with van der Waals surface area (Å²) in [4.78, 5) is 0. The van der Waals surface area contributed by atoms with Gasteiger partial charge in [-0.1, -0.05) is 0 Å². The molecule has 0 amide bonds. The van der Waals surface area contributed by atoms with Gasteiger partial charge in [-0.15, -0.1) is 0 Å². The van der Waals surface area contributed by atoms with Crippen molar-refractivity contribution in [1.29, 1.82) is 0 Å². The monoisotopic (exact) mass is 393 g/mol. The minimum Gasteiger partial charge on any atom is -1.00 e. The molecule has 25 heavy (non-hydrogen) atoms. The minimum absolute atomic E-state index is 0. The summed E-state index contributed by atoms with van der Waals surface area (Å²) < 4.78 is 5.21. The first-order valence-corrected chi connectivity index (χ1v) is 11.2. The van der Waals surface area contributed by atoms with Crippen molar-refractivity contribution >= 4 is 33.3 Å². The number of rotatable bonds is 5. The minimum atomic E-state index is -3.24. The molecule has 0 spiro atoms. The van der Waals surface area contributed by atoms with Gasteiger partial charge in [-0.25, -0.2) is 0 Å². The first kappa shape index (κ1) is 19.9. The van der Waals surface area contributed by atoms with Crippen molar-refractivity contribution in [2.24, 2.45) is 0 Å². The number of hydrogen-bond donors (Lipinski definition) is 1. The third kappa shape index (κ3) is 3.60. The zero-order chi connectivity index (χ0) is 17.1. The largest absolute Gasteiger partial charge is 1.00 e. The maximum absolute atomic E-state index is 7.49. The van der Waals surface area contributed by atoms with Crippen LogP contribution in [0.3, 0.4) is 0 Å². The van der Waals surface area contributed by atoms with Gasteiger partial charge in [-0.2, -0.15) is 0 Å². The van der Waals surface area contributed by atoms with E-state index in [0.29, 0.717) is 6.61 Å². The van der Waals surface area contributed by atoms with Crippen LogP contribution in [0.2, 0.25) is 0 Å². The van der Waals surface area contributed by atoms with Crippen molar-refractivity contribution in [3.05, 3.63) is 90.5 Å². The number of ether oxygens (including phenoxy) is 1. The Morgan fingerprint density at radius 1 is 0.760 bits per heavy atom. The van der Waals surface area contributed by atoms with Crippen LogP contribution in [0.25, 0.3) is 0 Å². The Morgan fingerprint density at radius 2 is 1.16 bits per heavy atom. The zero-order valence-corrected chi connectivity index (χ0v) is 16.5. The second-order valence-corrected chi connectivity index (χ2v) is 12.1. The topological polar surface area (TPSA) is 36.9 Å². The fraction of sp³-hybridized carbons (Fsp3) is 0.100. The summed E-state index contributed by atoms with van der Waals surface area (Å²) >= 11 is 7.49. The van der Waals surface area contributed by atoms with Gasteiger partial charge in [-0.3, -0.25) is 0 Å². The molecule has 0 atom stereocenters. The molecule has 0 saturated carbocycles. The first-order chi connectivity index (χ1) is 11.6. The van der Waals surface area contributed by atoms with Gasteiger partial charge < -0.3 is 12.4 Å². The van der Waals surface area contributed by atoms with Gasteiger partial charge in [0.05, 0.1) is 0 Å². The molecule has 0 aliphatic heterocycles. The second kappa shape index (κ2) is 7.86. The summed E-state index contributed by atoms with van der Waals surface area (Å²) in [5.74, 6) is 0. The van der Waals surface area contributed by atoms with Crippen molar-refractivity contribution in [2.75, 3.05) is 7.11 Å². The van der Waals surface area contributed by atoms with Crippen LogP contribution in [0.1, 0.15) is 5.56 Å². The predicted octanol–water partition coefficient (Wildman–Crippen LogP) is -0.0227. The van der Waals surface area contributed by atoms with Gasteiger partial charge in [0.15, 0.2) is 0 Å². The summed E-state index contributed by atoms with van der Waals surface area (Å²) in [6.07, 6.45) is -3.24. The molecule has 5 heteroatoms. The Balaban J connectivity index is 0.00000225. The maximum atomic E-state index is 7.49. The predicted molar refractivity (Wildman–Crippen MR) is 105 cm³/mol. The third-order valence-electron chi connectivity index (χ3n) is 4.37. The van der Waals surface area contributed by atoms with Gasteiger partial charge in [-0.05, 0) is 0 Å². The Bertz CT molecular complexity index is 765. The van der Waals surface area contributed by atoms with Crippen LogP contribution in [-0.2, 0) is 11.3 Å². The van der Waals surface area contributed by atoms with Gasteiger partial charge in [0.25, 0.3) is 0 Å². The van der Waals surface area contributed by atoms with E-state index in [2.05, 4.69) is 54.0 Å². The summed E-state index contributed by atoms with van der Waals surface area (Å²) in [5.41, 5.74) is 5.78. The van der Waals surface area contributed by atoms with Gasteiger partial charge in [0.1, 0.15) is 0 Å². The molecule has 0 bridgehead atoms. The number of methoxy groups -OCH3 is 1. The Labute approximate surface area is 160 Å². The van der Waals surface area contributed by atoms with E-state index in [4.69, 9.17) is 16.0 Å². The number of quaternary nitrogens is 1. The van der Waals surface area contributed by atoms with Crippen molar-refractivity contribution in [3.63, 3.8) is 0 Å². The van der Waals surface area contributed by atoms with Crippen LogP contribution in [-0.4, -0.2) is 7.11 Å². The smallest absolute Gasteiger partial charge is 1.00 e. The van der Waals surface area contributed by atoms with E-state index < -0.39 is 6.11 Å². The molecule has 0 heterocycles. The SMILES string of the molecule is COCc1ccc(P([NH3+])(Cl)(c2ccccc2)c2ccccc2)cc1.[Cl-]. The maximum Gasteiger partial charge on any atom is -1.00 e. The van der Waals surface area contributed by atoms with Crippen LogP contribution in [0.5, 0.6) is 0 Å². The molecular weight excluding hydrogens is 372 g/mol. The van der Waals surface area contributed by atoms with E-state index in [9.17, 15) is 0 Å². The van der Waals surface area contributed by atoms with Gasteiger partial charge in [0, 0.05) is 0 Å². The molecule has 3 aromatic rings. The summed E-state index contributed by atoms with van der Waals surface area (Å²) in [6.45, 7) is 0.590. The Morgan fingerprint density at radius 3 is 1.56 bits per heavy atom. The van der Waals surface area contributed by atoms with Crippen LogP contribution in [0.15, 0.2) is 84.9 Å². The molecule has 0 aromatic heterocycles. The summed E-state index contributed by atoms with van der Waals surface area (Å²) in [5, 5.41) is 3.19. The molecular formula is C20H22Cl2NOP. The molecule has 0 unspecified atom stereocenters. The van der Waals surface area contributed by atoms with Crippen LogP contribution >= 0.6 is 17.3 Å². The molecule has 132 valence electrons. The van der Waals surface area contributed by atoms with E-state index in [1.165, 1.54) is 0 Å². The van der Waals surface area contributed by atoms with Crippen LogP contribution < -0.4 is 33.8 Å². The molecule has 0 radical (unpaired) electrons. The molecule has 0 aliphatic rings. The molecule has 0 fully saturated rings. The van der Waals surface area contributed by atoms with Crippen LogP contribution in [0, 0.1) is 0 Å². The summed E-state index contributed by atoms with van der Waals surface area (Å²) in [7, 11) is 1.70. The van der Waals surface area contributed by atoms with Gasteiger partial charge >= 0.3 is 148 Å². The Hall–Kier alpha value is -1.41. The summed E-state index contributed by atoms with van der Waals surface area (Å²) in [6, 6.07) is 28.7. The van der Waals surface area contributed by atoms with Gasteiger partial charge in [0.2, 0.25) is 0 Å². The standard InChI is InChI=1S/C20H21ClNOP.ClH/c1-23-16-17-12-14-20(15-13-17)24(21,22,18-8-4-2-5-9-18)19-10-6-3-7-11-19;/h2-15H,16,22H2,1H3;1H. The Kier molecular flexibility index (Phi) is 6.26. The zero-order valence-electron chi connectivity index (χ0n) is 14.1. The first-order valence-electron chi connectivity index (χ1n) is 7.85. The van der Waals surface area contributed by atoms with E-state index in [1.807, 2.05) is 36.4 Å². The molecule has 0 saturated heterocycles. The average Bonchev–Trinajstić information content (AvgIpc) is 2.64. The quantitative estimate of drug-likeness (QED) is 0.607. The molecule has 3 aromatic carbocycles. The van der Waals surface area contributed by atoms with Crippen molar-refractivity contribution < 1.29 is 22.6 Å². The van der Waals surface area contributed by atoms with Crippen LogP contribution in [0.4, 0.5) is 0 Å².